The highest BCUT2D eigenvalue weighted by molar-refractivity contribution is 5.70. The number of aryl methyl sites for hydroxylation is 1. The van der Waals surface area contributed by atoms with Gasteiger partial charge in [-0.3, -0.25) is 9.36 Å². The van der Waals surface area contributed by atoms with Crippen LogP contribution in [0.2, 0.25) is 0 Å². The molecule has 0 bridgehead atoms. The van der Waals surface area contributed by atoms with Crippen LogP contribution in [0.15, 0.2) is 23.1 Å². The van der Waals surface area contributed by atoms with Crippen LogP contribution in [0.4, 0.5) is 0 Å². The second-order valence-electron chi connectivity index (χ2n) is 2.85. The Balaban J connectivity index is 2.84. The minimum atomic E-state index is -0.182. The molecule has 5 heteroatoms. The molecule has 0 aromatic carbocycles. The van der Waals surface area contributed by atoms with E-state index in [9.17, 15) is 4.79 Å². The number of pyridine rings is 1. The molecule has 2 rings (SSSR count). The van der Waals surface area contributed by atoms with Crippen molar-refractivity contribution in [3.8, 4) is 5.88 Å². The summed E-state index contributed by atoms with van der Waals surface area (Å²) in [5.41, 5.74) is 1.02. The summed E-state index contributed by atoms with van der Waals surface area (Å²) < 4.78 is 6.40. The van der Waals surface area contributed by atoms with Crippen molar-refractivity contribution in [2.75, 3.05) is 7.11 Å². The quantitative estimate of drug-likeness (QED) is 0.652. The lowest BCUT2D eigenvalue weighted by molar-refractivity contribution is 0.399. The average Bonchev–Trinajstić information content (AvgIpc) is 2.23. The number of nitrogens with zero attached hydrogens (tertiary/aromatic N) is 3. The first-order valence-corrected chi connectivity index (χ1v) is 4.09. The molecule has 0 saturated heterocycles. The van der Waals surface area contributed by atoms with E-state index >= 15 is 0 Å². The van der Waals surface area contributed by atoms with Gasteiger partial charge in [0.2, 0.25) is 5.88 Å². The van der Waals surface area contributed by atoms with Gasteiger partial charge < -0.3 is 4.74 Å². The molecule has 0 aliphatic rings. The summed E-state index contributed by atoms with van der Waals surface area (Å²) in [6, 6.07) is 3.47. The van der Waals surface area contributed by atoms with Crippen LogP contribution in [-0.4, -0.2) is 21.6 Å². The van der Waals surface area contributed by atoms with E-state index in [-0.39, 0.29) is 5.56 Å². The Morgan fingerprint density at radius 2 is 2.21 bits per heavy atom. The van der Waals surface area contributed by atoms with Crippen LogP contribution in [0.25, 0.3) is 11.2 Å². The van der Waals surface area contributed by atoms with E-state index in [2.05, 4.69) is 9.97 Å². The van der Waals surface area contributed by atoms with Crippen molar-refractivity contribution in [2.24, 2.45) is 7.05 Å². The van der Waals surface area contributed by atoms with Gasteiger partial charge in [-0.2, -0.15) is 4.98 Å². The number of hydrogen-bond acceptors (Lipinski definition) is 4. The molecule has 0 radical (unpaired) electrons. The summed E-state index contributed by atoms with van der Waals surface area (Å²) in [5, 5.41) is 0. The highest BCUT2D eigenvalue weighted by Gasteiger charge is 2.03. The Kier molecular flexibility index (Phi) is 1.92. The van der Waals surface area contributed by atoms with Crippen LogP contribution in [0.5, 0.6) is 5.88 Å². The predicted octanol–water partition coefficient (Wildman–Crippen LogP) is 0.337. The van der Waals surface area contributed by atoms with Crippen molar-refractivity contribution in [2.45, 2.75) is 0 Å². The standard InChI is InChI=1S/C9H9N3O2/c1-12-8(13)5-10-6-3-4-7(14-2)11-9(6)12/h3-5H,1-2H3. The maximum absolute atomic E-state index is 11.3. The van der Waals surface area contributed by atoms with Gasteiger partial charge in [0.25, 0.3) is 5.56 Å². The number of hydrogen-bond donors (Lipinski definition) is 0. The molecule has 5 nitrogen and oxygen atoms in total. The minimum absolute atomic E-state index is 0.182. The molecule has 0 unspecified atom stereocenters. The Bertz CT molecular complexity index is 533. The molecule has 0 amide bonds. The normalized spacial score (nSPS) is 10.4. The third-order valence-corrected chi connectivity index (χ3v) is 2.00. The van der Waals surface area contributed by atoms with Crippen LogP contribution in [0, 0.1) is 0 Å². The molecule has 72 valence electrons. The van der Waals surface area contributed by atoms with Crippen LogP contribution < -0.4 is 10.3 Å². The van der Waals surface area contributed by atoms with Gasteiger partial charge in [0, 0.05) is 13.1 Å². The molecule has 2 heterocycles. The fourth-order valence-corrected chi connectivity index (χ4v) is 1.20. The van der Waals surface area contributed by atoms with Crippen LogP contribution >= 0.6 is 0 Å². The topological polar surface area (TPSA) is 57.0 Å². The molecular formula is C9H9N3O2. The Hall–Kier alpha value is -1.91. The van der Waals surface area contributed by atoms with E-state index in [0.29, 0.717) is 17.0 Å². The third-order valence-electron chi connectivity index (χ3n) is 2.00. The summed E-state index contributed by atoms with van der Waals surface area (Å²) in [6.45, 7) is 0. The van der Waals surface area contributed by atoms with Gasteiger partial charge >= 0.3 is 0 Å². The zero-order valence-corrected chi connectivity index (χ0v) is 7.89. The first-order valence-electron chi connectivity index (χ1n) is 4.09. The summed E-state index contributed by atoms with van der Waals surface area (Å²) in [6.07, 6.45) is 1.27. The highest BCUT2D eigenvalue weighted by Crippen LogP contribution is 2.11. The van der Waals surface area contributed by atoms with Gasteiger partial charge in [0.15, 0.2) is 5.65 Å². The summed E-state index contributed by atoms with van der Waals surface area (Å²) >= 11 is 0. The number of fused-ring (bicyclic) bond motifs is 1. The second-order valence-corrected chi connectivity index (χ2v) is 2.85. The molecule has 0 aliphatic carbocycles. The van der Waals surface area contributed by atoms with Crippen molar-refractivity contribution in [3.05, 3.63) is 28.7 Å². The molecule has 0 fully saturated rings. The van der Waals surface area contributed by atoms with Crippen LogP contribution in [-0.2, 0) is 7.05 Å². The Labute approximate surface area is 80.0 Å². The van der Waals surface area contributed by atoms with Crippen LogP contribution in [0.3, 0.4) is 0 Å². The van der Waals surface area contributed by atoms with E-state index in [1.165, 1.54) is 17.9 Å². The first kappa shape index (κ1) is 8.68. The van der Waals surface area contributed by atoms with Gasteiger partial charge in [-0.1, -0.05) is 0 Å². The average molecular weight is 191 g/mol. The zero-order chi connectivity index (χ0) is 10.1. The minimum Gasteiger partial charge on any atom is -0.481 e. The third kappa shape index (κ3) is 1.22. The lowest BCUT2D eigenvalue weighted by Gasteiger charge is -2.03. The summed E-state index contributed by atoms with van der Waals surface area (Å²) in [5.74, 6) is 0.473. The largest absolute Gasteiger partial charge is 0.481 e. The zero-order valence-electron chi connectivity index (χ0n) is 7.89. The Morgan fingerprint density at radius 3 is 2.93 bits per heavy atom. The Morgan fingerprint density at radius 1 is 1.43 bits per heavy atom. The maximum atomic E-state index is 11.3. The molecular weight excluding hydrogens is 182 g/mol. The molecule has 2 aromatic rings. The van der Waals surface area contributed by atoms with E-state index in [1.54, 1.807) is 19.2 Å². The van der Waals surface area contributed by atoms with Crippen molar-refractivity contribution < 1.29 is 4.74 Å². The van der Waals surface area contributed by atoms with Crippen molar-refractivity contribution in [1.29, 1.82) is 0 Å². The number of rotatable bonds is 1. The van der Waals surface area contributed by atoms with E-state index in [4.69, 9.17) is 4.74 Å². The lowest BCUT2D eigenvalue weighted by atomic mass is 10.4. The van der Waals surface area contributed by atoms with E-state index < -0.39 is 0 Å². The molecule has 0 atom stereocenters. The molecule has 2 aromatic heterocycles. The first-order chi connectivity index (χ1) is 6.72. The van der Waals surface area contributed by atoms with Crippen molar-refractivity contribution >= 4 is 11.2 Å². The van der Waals surface area contributed by atoms with Gasteiger partial charge in [0.1, 0.15) is 5.52 Å². The number of aromatic nitrogens is 3. The monoisotopic (exact) mass is 191 g/mol. The van der Waals surface area contributed by atoms with Crippen molar-refractivity contribution in [1.82, 2.24) is 14.5 Å². The molecule has 0 saturated carbocycles. The predicted molar refractivity (Wildman–Crippen MR) is 51.3 cm³/mol. The molecule has 14 heavy (non-hydrogen) atoms. The molecule has 0 spiro atoms. The highest BCUT2D eigenvalue weighted by atomic mass is 16.5. The van der Waals surface area contributed by atoms with Gasteiger partial charge in [-0.05, 0) is 6.07 Å². The van der Waals surface area contributed by atoms with Gasteiger partial charge in [-0.15, -0.1) is 0 Å². The van der Waals surface area contributed by atoms with Crippen LogP contribution in [0.1, 0.15) is 0 Å². The lowest BCUT2D eigenvalue weighted by Crippen LogP contribution is -2.17. The number of ether oxygens (including phenoxy) is 1. The fourth-order valence-electron chi connectivity index (χ4n) is 1.20. The van der Waals surface area contributed by atoms with E-state index in [1.807, 2.05) is 0 Å². The van der Waals surface area contributed by atoms with E-state index in [0.717, 1.165) is 0 Å². The number of methoxy groups -OCH3 is 1. The van der Waals surface area contributed by atoms with Gasteiger partial charge in [0.05, 0.1) is 13.3 Å². The maximum Gasteiger partial charge on any atom is 0.270 e. The fraction of sp³-hybridized carbons (Fsp3) is 0.222. The second kappa shape index (κ2) is 3.10. The van der Waals surface area contributed by atoms with Gasteiger partial charge in [-0.25, -0.2) is 4.98 Å². The SMILES string of the molecule is COc1ccc2ncc(=O)n(C)c2n1. The molecule has 0 N–H and O–H groups in total. The smallest absolute Gasteiger partial charge is 0.270 e. The summed E-state index contributed by atoms with van der Waals surface area (Å²) in [7, 11) is 3.18. The summed E-state index contributed by atoms with van der Waals surface area (Å²) in [4.78, 5) is 19.4. The molecule has 0 aliphatic heterocycles. The van der Waals surface area contributed by atoms with Crippen molar-refractivity contribution in [3.63, 3.8) is 0 Å².